The molecule has 1 aliphatic rings. The molecule has 0 spiro atoms. The molecule has 1 saturated heterocycles. The second kappa shape index (κ2) is 4.83. The second-order valence-corrected chi connectivity index (χ2v) is 3.74. The highest BCUT2D eigenvalue weighted by atomic mass is 19.4. The van der Waals surface area contributed by atoms with Gasteiger partial charge in [-0.15, -0.1) is 13.2 Å². The van der Waals surface area contributed by atoms with E-state index in [1.165, 1.54) is 0 Å². The Hall–Kier alpha value is -0.780. The number of nitrogens with one attached hydrogen (secondary N) is 1. The van der Waals surface area contributed by atoms with Crippen molar-refractivity contribution in [3.63, 3.8) is 0 Å². The Bertz CT molecular complexity index is 224. The second-order valence-electron chi connectivity index (χ2n) is 3.74. The fourth-order valence-corrected chi connectivity index (χ4v) is 1.71. The van der Waals surface area contributed by atoms with Gasteiger partial charge in [0, 0.05) is 19.5 Å². The number of hydrogen-bond donors (Lipinski definition) is 1. The van der Waals surface area contributed by atoms with E-state index in [0.717, 1.165) is 26.3 Å². The molecule has 15 heavy (non-hydrogen) atoms. The molecule has 0 aromatic heterocycles. The maximum absolute atomic E-state index is 12.4. The summed E-state index contributed by atoms with van der Waals surface area (Å²) in [5.74, 6) is -0.949. The van der Waals surface area contributed by atoms with Crippen molar-refractivity contribution in [1.29, 1.82) is 0 Å². The topological polar surface area (TPSA) is 32.3 Å². The molecule has 1 fully saturated rings. The Morgan fingerprint density at radius 2 is 2.13 bits per heavy atom. The number of halogens is 3. The van der Waals surface area contributed by atoms with E-state index in [2.05, 4.69) is 5.32 Å². The minimum absolute atomic E-state index is 0.0318. The Balaban J connectivity index is 2.54. The van der Waals surface area contributed by atoms with Crippen LogP contribution in [-0.2, 0) is 4.79 Å². The van der Waals surface area contributed by atoms with E-state index in [9.17, 15) is 18.0 Å². The van der Waals surface area contributed by atoms with Crippen molar-refractivity contribution in [2.45, 2.75) is 38.5 Å². The third-order valence-electron chi connectivity index (χ3n) is 2.50. The standard InChI is InChI=1S/C9H15F3N2O/c1-7(15)14(9(10,11)12)6-8-4-2-3-5-13-8/h8,13H,2-6H2,1H3. The Kier molecular flexibility index (Phi) is 3.96. The van der Waals surface area contributed by atoms with Gasteiger partial charge in [-0.25, -0.2) is 0 Å². The molecule has 3 nitrogen and oxygen atoms in total. The van der Waals surface area contributed by atoms with Gasteiger partial charge in [0.15, 0.2) is 0 Å². The number of piperidine rings is 1. The highest BCUT2D eigenvalue weighted by Crippen LogP contribution is 2.22. The van der Waals surface area contributed by atoms with E-state index >= 15 is 0 Å². The Labute approximate surface area is 86.6 Å². The van der Waals surface area contributed by atoms with E-state index in [1.807, 2.05) is 0 Å². The van der Waals surface area contributed by atoms with Crippen molar-refractivity contribution >= 4 is 5.91 Å². The normalized spacial score (nSPS) is 22.5. The zero-order chi connectivity index (χ0) is 11.5. The van der Waals surface area contributed by atoms with Gasteiger partial charge in [0.1, 0.15) is 0 Å². The molecule has 0 aromatic carbocycles. The monoisotopic (exact) mass is 224 g/mol. The molecule has 1 amide bonds. The van der Waals surface area contributed by atoms with Crippen LogP contribution in [-0.4, -0.2) is 36.2 Å². The van der Waals surface area contributed by atoms with Gasteiger partial charge in [-0.05, 0) is 19.4 Å². The largest absolute Gasteiger partial charge is 0.487 e. The molecule has 1 aliphatic heterocycles. The van der Waals surface area contributed by atoms with E-state index in [1.54, 1.807) is 0 Å². The first kappa shape index (κ1) is 12.3. The van der Waals surface area contributed by atoms with Crippen molar-refractivity contribution in [3.05, 3.63) is 0 Å². The number of hydrogen-bond acceptors (Lipinski definition) is 2. The van der Waals surface area contributed by atoms with E-state index in [0.29, 0.717) is 6.42 Å². The maximum atomic E-state index is 12.4. The van der Waals surface area contributed by atoms with Crippen LogP contribution in [0.25, 0.3) is 0 Å². The summed E-state index contributed by atoms with van der Waals surface area (Å²) >= 11 is 0. The van der Waals surface area contributed by atoms with Crippen molar-refractivity contribution in [1.82, 2.24) is 10.2 Å². The lowest BCUT2D eigenvalue weighted by atomic mass is 10.0. The zero-order valence-corrected chi connectivity index (χ0v) is 8.60. The number of rotatable bonds is 2. The fourth-order valence-electron chi connectivity index (χ4n) is 1.71. The number of carbonyl (C=O) groups excluding carboxylic acids is 1. The molecular formula is C9H15F3N2O. The molecule has 0 bridgehead atoms. The predicted molar refractivity (Wildman–Crippen MR) is 49.1 cm³/mol. The summed E-state index contributed by atoms with van der Waals surface area (Å²) in [5, 5.41) is 2.98. The van der Waals surface area contributed by atoms with Crippen LogP contribution in [0.15, 0.2) is 0 Å². The molecule has 1 unspecified atom stereocenters. The molecule has 1 atom stereocenters. The maximum Gasteiger partial charge on any atom is 0.487 e. The molecule has 0 aromatic rings. The van der Waals surface area contributed by atoms with E-state index in [-0.39, 0.29) is 17.5 Å². The first-order chi connectivity index (χ1) is 6.91. The van der Waals surface area contributed by atoms with Crippen LogP contribution >= 0.6 is 0 Å². The van der Waals surface area contributed by atoms with Crippen LogP contribution in [0.2, 0.25) is 0 Å². The number of carbonyl (C=O) groups is 1. The van der Waals surface area contributed by atoms with Gasteiger partial charge in [-0.2, -0.15) is 0 Å². The van der Waals surface area contributed by atoms with Crippen LogP contribution in [0.1, 0.15) is 26.2 Å². The van der Waals surface area contributed by atoms with Crippen molar-refractivity contribution in [2.24, 2.45) is 0 Å². The third kappa shape index (κ3) is 3.70. The van der Waals surface area contributed by atoms with Crippen LogP contribution < -0.4 is 5.32 Å². The van der Waals surface area contributed by atoms with Crippen molar-refractivity contribution < 1.29 is 18.0 Å². The number of alkyl halides is 3. The average molecular weight is 224 g/mol. The summed E-state index contributed by atoms with van der Waals surface area (Å²) in [5.41, 5.74) is 0. The minimum atomic E-state index is -4.56. The minimum Gasteiger partial charge on any atom is -0.312 e. The van der Waals surface area contributed by atoms with E-state index in [4.69, 9.17) is 0 Å². The van der Waals surface area contributed by atoms with Gasteiger partial charge in [-0.1, -0.05) is 6.42 Å². The highest BCUT2D eigenvalue weighted by molar-refractivity contribution is 5.73. The molecule has 0 saturated carbocycles. The predicted octanol–water partition coefficient (Wildman–Crippen LogP) is 1.50. The first-order valence-corrected chi connectivity index (χ1v) is 4.99. The Morgan fingerprint density at radius 1 is 1.47 bits per heavy atom. The van der Waals surface area contributed by atoms with Gasteiger partial charge < -0.3 is 5.32 Å². The first-order valence-electron chi connectivity index (χ1n) is 4.99. The summed E-state index contributed by atoms with van der Waals surface area (Å²) in [4.78, 5) is 10.8. The third-order valence-corrected chi connectivity index (χ3v) is 2.50. The smallest absolute Gasteiger partial charge is 0.312 e. The lowest BCUT2D eigenvalue weighted by Gasteiger charge is -2.30. The van der Waals surface area contributed by atoms with E-state index < -0.39 is 12.2 Å². The molecule has 88 valence electrons. The van der Waals surface area contributed by atoms with Gasteiger partial charge in [0.05, 0.1) is 0 Å². The van der Waals surface area contributed by atoms with Crippen LogP contribution in [0.4, 0.5) is 13.2 Å². The molecule has 6 heteroatoms. The summed E-state index contributed by atoms with van der Waals surface area (Å²) in [6.45, 7) is 1.39. The van der Waals surface area contributed by atoms with Crippen LogP contribution in [0, 0.1) is 0 Å². The van der Waals surface area contributed by atoms with Crippen molar-refractivity contribution in [3.8, 4) is 0 Å². The summed E-state index contributed by atoms with van der Waals surface area (Å²) in [7, 11) is 0. The summed E-state index contributed by atoms with van der Waals surface area (Å²) in [6.07, 6.45) is -1.96. The van der Waals surface area contributed by atoms with Crippen LogP contribution in [0.3, 0.4) is 0 Å². The molecule has 1 N–H and O–H groups in total. The van der Waals surface area contributed by atoms with Gasteiger partial charge >= 0.3 is 6.30 Å². The molecule has 0 radical (unpaired) electrons. The fraction of sp³-hybridized carbons (Fsp3) is 0.889. The molecule has 1 rings (SSSR count). The average Bonchev–Trinajstić information content (AvgIpc) is 2.13. The molecule has 0 aliphatic carbocycles. The number of nitrogens with zero attached hydrogens (tertiary/aromatic N) is 1. The summed E-state index contributed by atoms with van der Waals surface area (Å²) < 4.78 is 37.2. The summed E-state index contributed by atoms with van der Waals surface area (Å²) in [6, 6.07) is -0.232. The molecular weight excluding hydrogens is 209 g/mol. The molecule has 1 heterocycles. The van der Waals surface area contributed by atoms with Gasteiger partial charge in [0.2, 0.25) is 5.91 Å². The van der Waals surface area contributed by atoms with Crippen molar-refractivity contribution in [2.75, 3.05) is 13.1 Å². The van der Waals surface area contributed by atoms with Gasteiger partial charge in [-0.3, -0.25) is 9.69 Å². The quantitative estimate of drug-likeness (QED) is 0.721. The lowest BCUT2D eigenvalue weighted by molar-refractivity contribution is -0.241. The van der Waals surface area contributed by atoms with Gasteiger partial charge in [0.25, 0.3) is 0 Å². The lowest BCUT2D eigenvalue weighted by Crippen LogP contribution is -2.50. The SMILES string of the molecule is CC(=O)N(CC1CCCCN1)C(F)(F)F. The van der Waals surface area contributed by atoms with Crippen LogP contribution in [0.5, 0.6) is 0 Å². The highest BCUT2D eigenvalue weighted by Gasteiger charge is 2.40. The number of amides is 1. The zero-order valence-electron chi connectivity index (χ0n) is 8.60. The Morgan fingerprint density at radius 3 is 2.53 bits per heavy atom.